The fraction of sp³-hybridized carbons (Fsp3) is 0.600. The molecule has 5 aliphatic carbocycles. The molecule has 116 valence electrons. The highest BCUT2D eigenvalue weighted by Gasteiger charge is 2.50. The minimum absolute atomic E-state index is 0.426. The first kappa shape index (κ1) is 13.2. The number of rotatable bonds is 4. The van der Waals surface area contributed by atoms with E-state index in [4.69, 9.17) is 4.42 Å². The Kier molecular flexibility index (Phi) is 2.91. The maximum atomic E-state index is 6.06. The highest BCUT2D eigenvalue weighted by Crippen LogP contribution is 2.55. The maximum absolute atomic E-state index is 6.06. The largest absolute Gasteiger partial charge is 0.460 e. The molecule has 0 unspecified atom stereocenters. The quantitative estimate of drug-likeness (QED) is 0.872. The molecule has 2 nitrogen and oxygen atoms in total. The van der Waals surface area contributed by atoms with Crippen LogP contribution in [0.2, 0.25) is 0 Å². The summed E-state index contributed by atoms with van der Waals surface area (Å²) in [7, 11) is 0. The molecule has 1 aromatic rings. The predicted molar refractivity (Wildman–Crippen MR) is 88.2 cm³/mol. The Balaban J connectivity index is 1.27. The van der Waals surface area contributed by atoms with Gasteiger partial charge in [-0.05, 0) is 80.4 Å². The second-order valence-corrected chi connectivity index (χ2v) is 8.14. The van der Waals surface area contributed by atoms with E-state index < -0.39 is 0 Å². The van der Waals surface area contributed by atoms with Crippen LogP contribution >= 0.6 is 0 Å². The average molecular weight is 295 g/mol. The van der Waals surface area contributed by atoms with Gasteiger partial charge in [0.05, 0.1) is 6.54 Å². The van der Waals surface area contributed by atoms with Gasteiger partial charge in [-0.1, -0.05) is 18.2 Å². The number of nitrogens with one attached hydrogen (secondary N) is 1. The lowest BCUT2D eigenvalue weighted by molar-refractivity contribution is -0.0213. The molecule has 4 saturated carbocycles. The van der Waals surface area contributed by atoms with Crippen LogP contribution in [0.3, 0.4) is 0 Å². The van der Waals surface area contributed by atoms with Gasteiger partial charge >= 0.3 is 0 Å². The zero-order chi connectivity index (χ0) is 14.6. The lowest BCUT2D eigenvalue weighted by Crippen LogP contribution is -2.58. The highest BCUT2D eigenvalue weighted by atomic mass is 16.3. The van der Waals surface area contributed by atoms with Gasteiger partial charge in [0.15, 0.2) is 0 Å². The van der Waals surface area contributed by atoms with E-state index in [1.807, 2.05) is 0 Å². The minimum atomic E-state index is 0.426. The maximum Gasteiger partial charge on any atom is 0.130 e. The molecule has 4 bridgehead atoms. The van der Waals surface area contributed by atoms with Gasteiger partial charge in [0, 0.05) is 5.54 Å². The Labute approximate surface area is 132 Å². The molecule has 1 N–H and O–H groups in total. The van der Waals surface area contributed by atoms with E-state index in [9.17, 15) is 0 Å². The monoisotopic (exact) mass is 295 g/mol. The zero-order valence-corrected chi connectivity index (χ0v) is 13.2. The third kappa shape index (κ3) is 2.20. The molecule has 0 aromatic carbocycles. The van der Waals surface area contributed by atoms with Crippen LogP contribution in [0, 0.1) is 17.8 Å². The van der Waals surface area contributed by atoms with E-state index in [-0.39, 0.29) is 0 Å². The molecule has 1 heterocycles. The second kappa shape index (κ2) is 4.86. The first-order chi connectivity index (χ1) is 10.8. The summed E-state index contributed by atoms with van der Waals surface area (Å²) in [6.07, 6.45) is 16.2. The fourth-order valence-electron chi connectivity index (χ4n) is 5.88. The van der Waals surface area contributed by atoms with Crippen molar-refractivity contribution in [3.63, 3.8) is 0 Å². The first-order valence-electron chi connectivity index (χ1n) is 8.98. The van der Waals surface area contributed by atoms with Crippen molar-refractivity contribution in [1.82, 2.24) is 5.32 Å². The summed E-state index contributed by atoms with van der Waals surface area (Å²) < 4.78 is 6.06. The molecule has 5 aliphatic rings. The van der Waals surface area contributed by atoms with E-state index in [1.165, 1.54) is 44.1 Å². The molecular formula is C20H25NO. The summed E-state index contributed by atoms with van der Waals surface area (Å²) >= 11 is 0. The van der Waals surface area contributed by atoms with Crippen LogP contribution in [-0.4, -0.2) is 5.54 Å². The number of allylic oxidation sites excluding steroid dienone is 4. The van der Waals surface area contributed by atoms with Crippen molar-refractivity contribution in [2.24, 2.45) is 17.8 Å². The summed E-state index contributed by atoms with van der Waals surface area (Å²) in [5.74, 6) is 5.15. The van der Waals surface area contributed by atoms with E-state index in [0.717, 1.165) is 42.2 Å². The van der Waals surface area contributed by atoms with Gasteiger partial charge in [-0.15, -0.1) is 0 Å². The zero-order valence-electron chi connectivity index (χ0n) is 13.2. The first-order valence-corrected chi connectivity index (χ1v) is 8.98. The normalized spacial score (nSPS) is 38.7. The van der Waals surface area contributed by atoms with Crippen molar-refractivity contribution in [1.29, 1.82) is 0 Å². The van der Waals surface area contributed by atoms with Gasteiger partial charge < -0.3 is 9.73 Å². The van der Waals surface area contributed by atoms with E-state index in [1.54, 1.807) is 0 Å². The molecular weight excluding hydrogens is 270 g/mol. The van der Waals surface area contributed by atoms with Gasteiger partial charge in [0.1, 0.15) is 11.5 Å². The van der Waals surface area contributed by atoms with Gasteiger partial charge in [0.25, 0.3) is 0 Å². The number of hydrogen-bond donors (Lipinski definition) is 1. The molecule has 0 spiro atoms. The SMILES string of the molecule is C1=CCC(c2ccc(CNC34CC5CC(CC(C5)C3)C4)o2)=C1. The van der Waals surface area contributed by atoms with Gasteiger partial charge in [0.2, 0.25) is 0 Å². The molecule has 0 aliphatic heterocycles. The Morgan fingerprint density at radius 3 is 2.41 bits per heavy atom. The molecule has 6 rings (SSSR count). The van der Waals surface area contributed by atoms with Gasteiger partial charge in [-0.2, -0.15) is 0 Å². The third-order valence-corrected chi connectivity index (χ3v) is 6.43. The summed E-state index contributed by atoms with van der Waals surface area (Å²) in [5.41, 5.74) is 1.73. The lowest BCUT2D eigenvalue weighted by atomic mass is 9.53. The molecule has 22 heavy (non-hydrogen) atoms. The van der Waals surface area contributed by atoms with E-state index >= 15 is 0 Å². The molecule has 0 radical (unpaired) electrons. The van der Waals surface area contributed by atoms with Crippen molar-refractivity contribution < 1.29 is 4.42 Å². The van der Waals surface area contributed by atoms with Crippen LogP contribution in [0.15, 0.2) is 34.8 Å². The summed E-state index contributed by atoms with van der Waals surface area (Å²) in [5, 5.41) is 3.92. The molecule has 2 heteroatoms. The van der Waals surface area contributed by atoms with Gasteiger partial charge in [-0.25, -0.2) is 0 Å². The third-order valence-electron chi connectivity index (χ3n) is 6.43. The van der Waals surface area contributed by atoms with Crippen LogP contribution in [0.5, 0.6) is 0 Å². The minimum Gasteiger partial charge on any atom is -0.460 e. The predicted octanol–water partition coefficient (Wildman–Crippen LogP) is 4.68. The second-order valence-electron chi connectivity index (χ2n) is 8.14. The molecule has 0 saturated heterocycles. The number of furan rings is 1. The summed E-state index contributed by atoms with van der Waals surface area (Å²) in [6.45, 7) is 0.896. The average Bonchev–Trinajstić information content (AvgIpc) is 3.15. The van der Waals surface area contributed by atoms with E-state index in [0.29, 0.717) is 5.54 Å². The van der Waals surface area contributed by atoms with E-state index in [2.05, 4.69) is 35.7 Å². The summed E-state index contributed by atoms with van der Waals surface area (Å²) in [4.78, 5) is 0. The topological polar surface area (TPSA) is 25.2 Å². The van der Waals surface area contributed by atoms with Crippen molar-refractivity contribution in [3.05, 3.63) is 41.9 Å². The molecule has 0 atom stereocenters. The molecule has 1 aromatic heterocycles. The standard InChI is InChI=1S/C20H25NO/c1-2-4-17(3-1)19-6-5-18(22-19)13-21-20-10-14-7-15(11-20)9-16(8-14)12-20/h1-3,5-6,14-16,21H,4,7-13H2. The van der Waals surface area contributed by atoms with Crippen molar-refractivity contribution >= 4 is 5.57 Å². The molecule has 4 fully saturated rings. The Morgan fingerprint density at radius 2 is 1.77 bits per heavy atom. The van der Waals surface area contributed by atoms with Crippen LogP contribution in [0.1, 0.15) is 56.5 Å². The van der Waals surface area contributed by atoms with Crippen LogP contribution in [-0.2, 0) is 6.54 Å². The Hall–Kier alpha value is -1.28. The van der Waals surface area contributed by atoms with Crippen LogP contribution < -0.4 is 5.32 Å². The lowest BCUT2D eigenvalue weighted by Gasteiger charge is -2.57. The number of hydrogen-bond acceptors (Lipinski definition) is 2. The highest BCUT2D eigenvalue weighted by molar-refractivity contribution is 5.67. The van der Waals surface area contributed by atoms with Gasteiger partial charge in [-0.3, -0.25) is 0 Å². The fourth-order valence-corrected chi connectivity index (χ4v) is 5.88. The smallest absolute Gasteiger partial charge is 0.130 e. The summed E-state index contributed by atoms with van der Waals surface area (Å²) in [6, 6.07) is 4.29. The Bertz CT molecular complexity index is 601. The van der Waals surface area contributed by atoms with Crippen molar-refractivity contribution in [3.8, 4) is 0 Å². The van der Waals surface area contributed by atoms with Crippen molar-refractivity contribution in [2.75, 3.05) is 0 Å². The molecule has 0 amide bonds. The van der Waals surface area contributed by atoms with Crippen LogP contribution in [0.25, 0.3) is 5.57 Å². The van der Waals surface area contributed by atoms with Crippen molar-refractivity contribution in [2.45, 2.75) is 57.0 Å². The van der Waals surface area contributed by atoms with Crippen LogP contribution in [0.4, 0.5) is 0 Å². The Morgan fingerprint density at radius 1 is 1.05 bits per heavy atom.